The molecule has 1 N–H and O–H groups in total. The molecule has 2 aromatic carbocycles. The smallest absolute Gasteiger partial charge is 0.129 e. The molecule has 3 rings (SSSR count). The number of halogens is 1. The molecule has 0 amide bonds. The van der Waals surface area contributed by atoms with E-state index in [4.69, 9.17) is 21.6 Å². The average Bonchev–Trinajstić information content (AvgIpc) is 2.58. The van der Waals surface area contributed by atoms with Gasteiger partial charge < -0.3 is 10.1 Å². The summed E-state index contributed by atoms with van der Waals surface area (Å²) in [6.07, 6.45) is 3.63. The number of piperidine rings is 1. The van der Waals surface area contributed by atoms with Crippen LogP contribution in [-0.2, 0) is 6.42 Å². The van der Waals surface area contributed by atoms with Crippen LogP contribution in [0, 0.1) is 17.2 Å². The molecular weight excluding hydrogens is 308 g/mol. The maximum Gasteiger partial charge on any atom is 0.129 e. The molecule has 3 nitrogen and oxygen atoms in total. The van der Waals surface area contributed by atoms with E-state index in [-0.39, 0.29) is 0 Å². The fraction of sp³-hybridized carbons (Fsp3) is 0.316. The number of ether oxygens (including phenoxy) is 1. The number of hydrogen-bond acceptors (Lipinski definition) is 3. The van der Waals surface area contributed by atoms with Crippen LogP contribution in [0.4, 0.5) is 0 Å². The van der Waals surface area contributed by atoms with E-state index in [0.29, 0.717) is 16.3 Å². The Balaban J connectivity index is 1.63. The zero-order valence-electron chi connectivity index (χ0n) is 12.9. The van der Waals surface area contributed by atoms with E-state index in [0.717, 1.165) is 31.2 Å². The first-order valence-corrected chi connectivity index (χ1v) is 8.29. The molecule has 0 bridgehead atoms. The van der Waals surface area contributed by atoms with E-state index in [1.54, 1.807) is 18.2 Å². The summed E-state index contributed by atoms with van der Waals surface area (Å²) in [5.41, 5.74) is 1.80. The van der Waals surface area contributed by atoms with Gasteiger partial charge in [-0.05, 0) is 68.1 Å². The molecular formula is C19H19ClN2O. The Hall–Kier alpha value is -2.02. The molecule has 0 spiro atoms. The van der Waals surface area contributed by atoms with Crippen molar-refractivity contribution in [2.75, 3.05) is 13.1 Å². The minimum Gasteiger partial charge on any atom is -0.457 e. The molecule has 4 heteroatoms. The SMILES string of the molecule is N#Cc1ccc(Oc2ccc(CC3CCNCC3)cc2)cc1Cl. The first-order chi connectivity index (χ1) is 11.2. The minimum atomic E-state index is 0.410. The molecule has 1 aliphatic rings. The summed E-state index contributed by atoms with van der Waals surface area (Å²) >= 11 is 6.02. The Morgan fingerprint density at radius 1 is 1.09 bits per heavy atom. The lowest BCUT2D eigenvalue weighted by molar-refractivity contribution is 0.372. The molecule has 1 fully saturated rings. The fourth-order valence-corrected chi connectivity index (χ4v) is 3.11. The average molecular weight is 327 g/mol. The molecule has 0 aromatic heterocycles. The van der Waals surface area contributed by atoms with Crippen LogP contribution in [0.15, 0.2) is 42.5 Å². The van der Waals surface area contributed by atoms with Gasteiger partial charge in [-0.2, -0.15) is 5.26 Å². The zero-order chi connectivity index (χ0) is 16.1. The highest BCUT2D eigenvalue weighted by Crippen LogP contribution is 2.27. The summed E-state index contributed by atoms with van der Waals surface area (Å²) in [6, 6.07) is 15.4. The van der Waals surface area contributed by atoms with E-state index in [1.165, 1.54) is 18.4 Å². The van der Waals surface area contributed by atoms with Gasteiger partial charge in [0.05, 0.1) is 10.6 Å². The Morgan fingerprint density at radius 3 is 2.43 bits per heavy atom. The van der Waals surface area contributed by atoms with Gasteiger partial charge in [-0.1, -0.05) is 23.7 Å². The molecule has 0 saturated carbocycles. The van der Waals surface area contributed by atoms with Crippen LogP contribution in [0.3, 0.4) is 0 Å². The largest absolute Gasteiger partial charge is 0.457 e. The third-order valence-electron chi connectivity index (χ3n) is 4.20. The van der Waals surface area contributed by atoms with Gasteiger partial charge >= 0.3 is 0 Å². The van der Waals surface area contributed by atoms with Crippen LogP contribution in [0.5, 0.6) is 11.5 Å². The van der Waals surface area contributed by atoms with Gasteiger partial charge in [-0.3, -0.25) is 0 Å². The molecule has 2 aromatic rings. The third-order valence-corrected chi connectivity index (χ3v) is 4.52. The van der Waals surface area contributed by atoms with Crippen molar-refractivity contribution < 1.29 is 4.74 Å². The van der Waals surface area contributed by atoms with Gasteiger partial charge in [0, 0.05) is 6.07 Å². The first-order valence-electron chi connectivity index (χ1n) is 7.92. The second-order valence-corrected chi connectivity index (χ2v) is 6.30. The van der Waals surface area contributed by atoms with Crippen molar-refractivity contribution in [3.05, 3.63) is 58.6 Å². The number of nitriles is 1. The van der Waals surface area contributed by atoms with Gasteiger partial charge in [-0.15, -0.1) is 0 Å². The van der Waals surface area contributed by atoms with Gasteiger partial charge in [0.25, 0.3) is 0 Å². The lowest BCUT2D eigenvalue weighted by Crippen LogP contribution is -2.28. The van der Waals surface area contributed by atoms with Crippen LogP contribution in [0.25, 0.3) is 0 Å². The number of nitrogens with zero attached hydrogens (tertiary/aromatic N) is 1. The van der Waals surface area contributed by atoms with Crippen LogP contribution in [-0.4, -0.2) is 13.1 Å². The van der Waals surface area contributed by atoms with Crippen LogP contribution in [0.2, 0.25) is 5.02 Å². The van der Waals surface area contributed by atoms with Crippen molar-refractivity contribution in [3.8, 4) is 17.6 Å². The maximum atomic E-state index is 8.89. The van der Waals surface area contributed by atoms with Crippen molar-refractivity contribution in [3.63, 3.8) is 0 Å². The normalized spacial score (nSPS) is 15.1. The molecule has 0 radical (unpaired) electrons. The molecule has 23 heavy (non-hydrogen) atoms. The molecule has 1 heterocycles. The quantitative estimate of drug-likeness (QED) is 0.896. The summed E-state index contributed by atoms with van der Waals surface area (Å²) in [5.74, 6) is 2.19. The monoisotopic (exact) mass is 326 g/mol. The van der Waals surface area contributed by atoms with Crippen LogP contribution < -0.4 is 10.1 Å². The number of nitrogens with one attached hydrogen (secondary N) is 1. The highest BCUT2D eigenvalue weighted by Gasteiger charge is 2.13. The molecule has 1 aliphatic heterocycles. The first kappa shape index (κ1) is 15.9. The Morgan fingerprint density at radius 2 is 1.78 bits per heavy atom. The Kier molecular flexibility index (Phi) is 5.17. The predicted octanol–water partition coefficient (Wildman–Crippen LogP) is 4.55. The summed E-state index contributed by atoms with van der Waals surface area (Å²) in [6.45, 7) is 2.26. The maximum absolute atomic E-state index is 8.89. The van der Waals surface area contributed by atoms with E-state index in [2.05, 4.69) is 17.4 Å². The number of benzene rings is 2. The molecule has 0 unspecified atom stereocenters. The summed E-state index contributed by atoms with van der Waals surface area (Å²) in [5, 5.41) is 12.7. The third kappa shape index (κ3) is 4.25. The molecule has 0 atom stereocenters. The fourth-order valence-electron chi connectivity index (χ4n) is 2.90. The van der Waals surface area contributed by atoms with Crippen molar-refractivity contribution in [2.24, 2.45) is 5.92 Å². The van der Waals surface area contributed by atoms with Crippen LogP contribution >= 0.6 is 11.6 Å². The second kappa shape index (κ2) is 7.50. The summed E-state index contributed by atoms with van der Waals surface area (Å²) < 4.78 is 5.80. The topological polar surface area (TPSA) is 45.0 Å². The molecule has 0 aliphatic carbocycles. The van der Waals surface area contributed by atoms with E-state index in [9.17, 15) is 0 Å². The summed E-state index contributed by atoms with van der Waals surface area (Å²) in [4.78, 5) is 0. The van der Waals surface area contributed by atoms with Gasteiger partial charge in [0.1, 0.15) is 17.6 Å². The lowest BCUT2D eigenvalue weighted by atomic mass is 9.91. The Bertz CT molecular complexity index is 700. The molecule has 118 valence electrons. The van der Waals surface area contributed by atoms with Gasteiger partial charge in [0.15, 0.2) is 0 Å². The molecule has 1 saturated heterocycles. The van der Waals surface area contributed by atoms with Gasteiger partial charge in [0.2, 0.25) is 0 Å². The van der Waals surface area contributed by atoms with Crippen molar-refractivity contribution in [1.82, 2.24) is 5.32 Å². The highest BCUT2D eigenvalue weighted by molar-refractivity contribution is 6.31. The van der Waals surface area contributed by atoms with E-state index >= 15 is 0 Å². The van der Waals surface area contributed by atoms with Crippen molar-refractivity contribution in [1.29, 1.82) is 5.26 Å². The summed E-state index contributed by atoms with van der Waals surface area (Å²) in [7, 11) is 0. The second-order valence-electron chi connectivity index (χ2n) is 5.90. The van der Waals surface area contributed by atoms with Crippen LogP contribution in [0.1, 0.15) is 24.0 Å². The highest BCUT2D eigenvalue weighted by atomic mass is 35.5. The van der Waals surface area contributed by atoms with Crippen molar-refractivity contribution in [2.45, 2.75) is 19.3 Å². The standard InChI is InChI=1S/C19H19ClN2O/c20-19-12-18(6-3-16(19)13-21)23-17-4-1-14(2-5-17)11-15-7-9-22-10-8-15/h1-6,12,15,22H,7-11H2. The van der Waals surface area contributed by atoms with E-state index < -0.39 is 0 Å². The van der Waals surface area contributed by atoms with Gasteiger partial charge in [-0.25, -0.2) is 0 Å². The minimum absolute atomic E-state index is 0.410. The van der Waals surface area contributed by atoms with Crippen molar-refractivity contribution >= 4 is 11.6 Å². The van der Waals surface area contributed by atoms with E-state index in [1.807, 2.05) is 18.2 Å². The zero-order valence-corrected chi connectivity index (χ0v) is 13.6. The Labute approximate surface area is 141 Å². The predicted molar refractivity (Wildman–Crippen MR) is 92.0 cm³/mol. The number of hydrogen-bond donors (Lipinski definition) is 1. The lowest BCUT2D eigenvalue weighted by Gasteiger charge is -2.22. The number of rotatable bonds is 4.